The summed E-state index contributed by atoms with van der Waals surface area (Å²) in [5.41, 5.74) is 0.861. The summed E-state index contributed by atoms with van der Waals surface area (Å²) in [6.45, 7) is 6.25. The Labute approximate surface area is 128 Å². The predicted molar refractivity (Wildman–Crippen MR) is 87.3 cm³/mol. The molecule has 0 saturated carbocycles. The molecule has 108 valence electrons. The van der Waals surface area contributed by atoms with Gasteiger partial charge in [0.15, 0.2) is 0 Å². The third-order valence-corrected chi connectivity index (χ3v) is 4.14. The number of hydrogen-bond donors (Lipinski definition) is 0. The maximum atomic E-state index is 12.8. The van der Waals surface area contributed by atoms with Gasteiger partial charge in [0.25, 0.3) is 5.56 Å². The van der Waals surface area contributed by atoms with Gasteiger partial charge in [-0.25, -0.2) is 4.98 Å². The Balaban J connectivity index is 2.65. The van der Waals surface area contributed by atoms with Crippen LogP contribution >= 0.6 is 15.9 Å². The maximum absolute atomic E-state index is 12.8. The number of halogens is 1. The zero-order valence-corrected chi connectivity index (χ0v) is 13.9. The number of aromatic nitrogens is 2. The maximum Gasteiger partial charge on any atom is 0.261 e. The van der Waals surface area contributed by atoms with Crippen molar-refractivity contribution in [2.75, 3.05) is 0 Å². The van der Waals surface area contributed by atoms with Crippen LogP contribution in [0.2, 0.25) is 0 Å². The minimum Gasteiger partial charge on any atom is -0.293 e. The zero-order chi connectivity index (χ0) is 14.7. The molecule has 0 saturated heterocycles. The molecule has 0 radical (unpaired) electrons. The molecule has 0 unspecified atom stereocenters. The van der Waals surface area contributed by atoms with E-state index in [0.717, 1.165) is 41.5 Å². The average molecular weight is 337 g/mol. The van der Waals surface area contributed by atoms with Crippen LogP contribution in [-0.2, 0) is 0 Å². The highest BCUT2D eigenvalue weighted by molar-refractivity contribution is 9.10. The van der Waals surface area contributed by atoms with E-state index >= 15 is 0 Å². The molecule has 1 aromatic carbocycles. The largest absolute Gasteiger partial charge is 0.293 e. The third kappa shape index (κ3) is 2.95. The van der Waals surface area contributed by atoms with E-state index in [4.69, 9.17) is 0 Å². The van der Waals surface area contributed by atoms with Crippen molar-refractivity contribution < 1.29 is 0 Å². The number of hydrogen-bond acceptors (Lipinski definition) is 2. The molecule has 1 heterocycles. The topological polar surface area (TPSA) is 34.9 Å². The van der Waals surface area contributed by atoms with Gasteiger partial charge in [-0.15, -0.1) is 0 Å². The first kappa shape index (κ1) is 15.2. The lowest BCUT2D eigenvalue weighted by atomic mass is 10.1. The van der Waals surface area contributed by atoms with Gasteiger partial charge in [-0.1, -0.05) is 42.6 Å². The van der Waals surface area contributed by atoms with Gasteiger partial charge in [-0.3, -0.25) is 9.36 Å². The number of nitrogens with zero attached hydrogens (tertiary/aromatic N) is 2. The van der Waals surface area contributed by atoms with Crippen molar-refractivity contribution in [1.29, 1.82) is 0 Å². The first-order valence-electron chi connectivity index (χ1n) is 7.26. The summed E-state index contributed by atoms with van der Waals surface area (Å²) < 4.78 is 2.81. The van der Waals surface area contributed by atoms with E-state index in [1.165, 1.54) is 0 Å². The van der Waals surface area contributed by atoms with Gasteiger partial charge in [0.1, 0.15) is 5.82 Å². The van der Waals surface area contributed by atoms with Crippen LogP contribution in [0.15, 0.2) is 27.5 Å². The molecule has 0 fully saturated rings. The summed E-state index contributed by atoms with van der Waals surface area (Å²) in [6.07, 6.45) is 4.20. The molecule has 20 heavy (non-hydrogen) atoms. The van der Waals surface area contributed by atoms with Crippen LogP contribution < -0.4 is 5.56 Å². The first-order chi connectivity index (χ1) is 9.58. The van der Waals surface area contributed by atoms with Gasteiger partial charge in [-0.05, 0) is 38.0 Å². The molecule has 3 nitrogen and oxygen atoms in total. The van der Waals surface area contributed by atoms with Crippen LogP contribution in [0.3, 0.4) is 0 Å². The highest BCUT2D eigenvalue weighted by Gasteiger charge is 2.16. The number of aryl methyl sites for hydroxylation is 1. The molecule has 1 aromatic heterocycles. The molecule has 0 spiro atoms. The Bertz CT molecular complexity index is 657. The fourth-order valence-corrected chi connectivity index (χ4v) is 3.14. The van der Waals surface area contributed by atoms with E-state index in [2.05, 4.69) is 34.8 Å². The molecular weight excluding hydrogens is 316 g/mol. The molecular formula is C16H21BrN2O. The van der Waals surface area contributed by atoms with Gasteiger partial charge < -0.3 is 0 Å². The van der Waals surface area contributed by atoms with Crippen LogP contribution in [0.5, 0.6) is 0 Å². The van der Waals surface area contributed by atoms with Gasteiger partial charge in [0.05, 0.1) is 10.9 Å². The van der Waals surface area contributed by atoms with E-state index in [9.17, 15) is 4.79 Å². The Kier molecular flexibility index (Phi) is 4.97. The number of fused-ring (bicyclic) bond motifs is 1. The molecule has 0 N–H and O–H groups in total. The third-order valence-electron chi connectivity index (χ3n) is 3.65. The van der Waals surface area contributed by atoms with E-state index in [1.54, 1.807) is 0 Å². The minimum absolute atomic E-state index is 0.0840. The summed E-state index contributed by atoms with van der Waals surface area (Å²) in [4.78, 5) is 17.4. The van der Waals surface area contributed by atoms with Gasteiger partial charge >= 0.3 is 0 Å². The second-order valence-electron chi connectivity index (χ2n) is 5.23. The van der Waals surface area contributed by atoms with Gasteiger partial charge in [-0.2, -0.15) is 0 Å². The number of benzene rings is 1. The average Bonchev–Trinajstić information content (AvgIpc) is 2.40. The van der Waals surface area contributed by atoms with Crippen molar-refractivity contribution in [3.8, 4) is 0 Å². The first-order valence-corrected chi connectivity index (χ1v) is 8.06. The highest BCUT2D eigenvalue weighted by Crippen LogP contribution is 2.22. The summed E-state index contributed by atoms with van der Waals surface area (Å²) in [5, 5.41) is 0.696. The summed E-state index contributed by atoms with van der Waals surface area (Å²) in [5.74, 6) is 0.816. The SMILES string of the molecule is CCCC(CCC)n1c(C)nc2ccc(Br)cc2c1=O. The smallest absolute Gasteiger partial charge is 0.261 e. The van der Waals surface area contributed by atoms with E-state index in [-0.39, 0.29) is 11.6 Å². The normalized spacial score (nSPS) is 11.4. The lowest BCUT2D eigenvalue weighted by Crippen LogP contribution is -2.28. The molecule has 0 amide bonds. The molecule has 0 bridgehead atoms. The van der Waals surface area contributed by atoms with Crippen molar-refractivity contribution in [3.63, 3.8) is 0 Å². The Morgan fingerprint density at radius 1 is 1.25 bits per heavy atom. The fraction of sp³-hybridized carbons (Fsp3) is 0.500. The van der Waals surface area contributed by atoms with Gasteiger partial charge in [0.2, 0.25) is 0 Å². The number of rotatable bonds is 5. The molecule has 2 rings (SSSR count). The zero-order valence-electron chi connectivity index (χ0n) is 12.3. The molecule has 0 aliphatic rings. The standard InChI is InChI=1S/C16H21BrN2O/c1-4-6-13(7-5-2)19-11(3)18-15-9-8-12(17)10-14(15)16(19)20/h8-10,13H,4-7H2,1-3H3. The van der Waals surface area contributed by atoms with Crippen molar-refractivity contribution >= 4 is 26.8 Å². The van der Waals surface area contributed by atoms with Crippen LogP contribution in [0.25, 0.3) is 10.9 Å². The second-order valence-corrected chi connectivity index (χ2v) is 6.14. The van der Waals surface area contributed by atoms with Crippen molar-refractivity contribution in [3.05, 3.63) is 38.9 Å². The summed E-state index contributed by atoms with van der Waals surface area (Å²) >= 11 is 3.43. The summed E-state index contributed by atoms with van der Waals surface area (Å²) in [7, 11) is 0. The Hall–Kier alpha value is -1.16. The van der Waals surface area contributed by atoms with Crippen molar-refractivity contribution in [2.24, 2.45) is 0 Å². The second kappa shape index (κ2) is 6.53. The Morgan fingerprint density at radius 2 is 1.90 bits per heavy atom. The molecule has 0 atom stereocenters. The summed E-state index contributed by atoms with van der Waals surface area (Å²) in [6, 6.07) is 5.95. The molecule has 2 aromatic rings. The van der Waals surface area contributed by atoms with E-state index in [0.29, 0.717) is 5.39 Å². The fourth-order valence-electron chi connectivity index (χ4n) is 2.78. The Morgan fingerprint density at radius 3 is 2.50 bits per heavy atom. The van der Waals surface area contributed by atoms with E-state index < -0.39 is 0 Å². The molecule has 0 aliphatic heterocycles. The van der Waals surface area contributed by atoms with Gasteiger partial charge in [0, 0.05) is 10.5 Å². The molecule has 4 heteroatoms. The molecule has 0 aliphatic carbocycles. The highest BCUT2D eigenvalue weighted by atomic mass is 79.9. The lowest BCUT2D eigenvalue weighted by molar-refractivity contribution is 0.406. The predicted octanol–water partition coefficient (Wildman–Crippen LogP) is 4.61. The minimum atomic E-state index is 0.0840. The lowest BCUT2D eigenvalue weighted by Gasteiger charge is -2.21. The van der Waals surface area contributed by atoms with Crippen LogP contribution in [0.1, 0.15) is 51.4 Å². The van der Waals surface area contributed by atoms with E-state index in [1.807, 2.05) is 29.7 Å². The van der Waals surface area contributed by atoms with Crippen molar-refractivity contribution in [1.82, 2.24) is 9.55 Å². The quantitative estimate of drug-likeness (QED) is 0.799. The van der Waals surface area contributed by atoms with Crippen LogP contribution in [0, 0.1) is 6.92 Å². The van der Waals surface area contributed by atoms with Crippen molar-refractivity contribution in [2.45, 2.75) is 52.5 Å². The monoisotopic (exact) mass is 336 g/mol. The van der Waals surface area contributed by atoms with Crippen LogP contribution in [0.4, 0.5) is 0 Å². The van der Waals surface area contributed by atoms with Crippen LogP contribution in [-0.4, -0.2) is 9.55 Å².